The van der Waals surface area contributed by atoms with Crippen LogP contribution in [0.2, 0.25) is 0 Å². The minimum atomic E-state index is -0.122. The van der Waals surface area contributed by atoms with Gasteiger partial charge >= 0.3 is 0 Å². The van der Waals surface area contributed by atoms with Gasteiger partial charge in [-0.1, -0.05) is 6.07 Å². The average Bonchev–Trinajstić information content (AvgIpc) is 2.20. The molecule has 0 atom stereocenters. The van der Waals surface area contributed by atoms with Gasteiger partial charge in [0.2, 0.25) is 0 Å². The first-order chi connectivity index (χ1) is 7.13. The van der Waals surface area contributed by atoms with Gasteiger partial charge in [-0.25, -0.2) is 5.01 Å². The van der Waals surface area contributed by atoms with Gasteiger partial charge in [-0.15, -0.1) is 0 Å². The Labute approximate surface area is 88.6 Å². The topological polar surface area (TPSA) is 76.0 Å². The van der Waals surface area contributed by atoms with E-state index in [9.17, 15) is 5.11 Å². The van der Waals surface area contributed by atoms with Crippen LogP contribution in [0.15, 0.2) is 18.2 Å². The number of aliphatic hydroxyl groups is 1. The lowest BCUT2D eigenvalue weighted by Crippen LogP contribution is -2.35. The Bertz CT molecular complexity index is 318. The van der Waals surface area contributed by atoms with Crippen LogP contribution in [0.1, 0.15) is 5.56 Å². The van der Waals surface area contributed by atoms with Crippen molar-refractivity contribution in [2.24, 2.45) is 0 Å². The minimum absolute atomic E-state index is 0.0746. The third kappa shape index (κ3) is 3.75. The maximum atomic E-state index is 9.26. The zero-order chi connectivity index (χ0) is 11.3. The van der Waals surface area contributed by atoms with Crippen LogP contribution >= 0.6 is 0 Å². The fraction of sp³-hybridized carbons (Fsp3) is 0.400. The van der Waals surface area contributed by atoms with Crippen molar-refractivity contribution in [1.82, 2.24) is 10.4 Å². The first-order valence-corrected chi connectivity index (χ1v) is 4.70. The van der Waals surface area contributed by atoms with Gasteiger partial charge in [0, 0.05) is 20.1 Å². The Hall–Kier alpha value is -1.30. The molecule has 0 aromatic heterocycles. The maximum Gasteiger partial charge on any atom is 0.157 e. The Morgan fingerprint density at radius 3 is 2.60 bits per heavy atom. The number of phenolic OH excluding ortho intramolecular Hbond substituents is 2. The molecule has 1 aromatic carbocycles. The second-order valence-corrected chi connectivity index (χ2v) is 3.31. The number of nitrogens with zero attached hydrogens (tertiary/aromatic N) is 1. The third-order valence-corrected chi connectivity index (χ3v) is 1.95. The van der Waals surface area contributed by atoms with Crippen molar-refractivity contribution < 1.29 is 15.3 Å². The van der Waals surface area contributed by atoms with E-state index in [2.05, 4.69) is 5.43 Å². The molecule has 4 N–H and O–H groups in total. The van der Waals surface area contributed by atoms with Gasteiger partial charge < -0.3 is 15.3 Å². The van der Waals surface area contributed by atoms with E-state index in [1.807, 2.05) is 7.05 Å². The molecule has 0 radical (unpaired) electrons. The Morgan fingerprint density at radius 1 is 1.27 bits per heavy atom. The largest absolute Gasteiger partial charge is 0.504 e. The van der Waals surface area contributed by atoms with Crippen molar-refractivity contribution in [3.63, 3.8) is 0 Å². The van der Waals surface area contributed by atoms with Crippen LogP contribution in [0.4, 0.5) is 0 Å². The lowest BCUT2D eigenvalue weighted by Gasteiger charge is -2.17. The zero-order valence-electron chi connectivity index (χ0n) is 8.64. The number of phenols is 2. The normalized spacial score (nSPS) is 10.9. The van der Waals surface area contributed by atoms with Gasteiger partial charge in [-0.3, -0.25) is 5.43 Å². The van der Waals surface area contributed by atoms with E-state index in [-0.39, 0.29) is 18.1 Å². The fourth-order valence-electron chi connectivity index (χ4n) is 1.24. The molecular weight excluding hydrogens is 196 g/mol. The molecule has 1 rings (SSSR count). The van der Waals surface area contributed by atoms with Crippen LogP contribution in [0.5, 0.6) is 11.5 Å². The van der Waals surface area contributed by atoms with Crippen LogP contribution < -0.4 is 5.43 Å². The third-order valence-electron chi connectivity index (χ3n) is 1.95. The number of aliphatic hydroxyl groups excluding tert-OH is 1. The number of rotatable bonds is 5. The highest BCUT2D eigenvalue weighted by atomic mass is 16.3. The summed E-state index contributed by atoms with van der Waals surface area (Å²) in [6, 6.07) is 4.68. The summed E-state index contributed by atoms with van der Waals surface area (Å²) in [5.74, 6) is -0.243. The van der Waals surface area contributed by atoms with E-state index >= 15 is 0 Å². The maximum absolute atomic E-state index is 9.26. The number of nitrogens with one attached hydrogen (secondary N) is 1. The van der Waals surface area contributed by atoms with Crippen LogP contribution in [0.3, 0.4) is 0 Å². The van der Waals surface area contributed by atoms with E-state index in [1.165, 1.54) is 12.1 Å². The summed E-state index contributed by atoms with van der Waals surface area (Å²) in [4.78, 5) is 0. The number of hydrogen-bond acceptors (Lipinski definition) is 5. The predicted molar refractivity (Wildman–Crippen MR) is 56.3 cm³/mol. The molecule has 5 heteroatoms. The zero-order valence-corrected chi connectivity index (χ0v) is 8.64. The molecule has 84 valence electrons. The Kier molecular flexibility index (Phi) is 4.36. The molecule has 0 unspecified atom stereocenters. The number of hydrazine groups is 1. The van der Waals surface area contributed by atoms with E-state index in [0.29, 0.717) is 13.1 Å². The van der Waals surface area contributed by atoms with Gasteiger partial charge in [0.1, 0.15) is 0 Å². The number of hydrogen-bond donors (Lipinski definition) is 4. The summed E-state index contributed by atoms with van der Waals surface area (Å²) in [6.45, 7) is 1.14. The lowest BCUT2D eigenvalue weighted by atomic mass is 10.2. The van der Waals surface area contributed by atoms with Crippen molar-refractivity contribution in [3.05, 3.63) is 23.8 Å². The smallest absolute Gasteiger partial charge is 0.157 e. The Balaban J connectivity index is 2.53. The van der Waals surface area contributed by atoms with Crippen molar-refractivity contribution in [1.29, 1.82) is 0 Å². The summed E-state index contributed by atoms with van der Waals surface area (Å²) in [5, 5.41) is 28.8. The fourth-order valence-corrected chi connectivity index (χ4v) is 1.24. The van der Waals surface area contributed by atoms with Crippen LogP contribution in [0, 0.1) is 0 Å². The minimum Gasteiger partial charge on any atom is -0.504 e. The summed E-state index contributed by atoms with van der Waals surface area (Å²) in [7, 11) is 1.83. The second-order valence-electron chi connectivity index (χ2n) is 3.31. The monoisotopic (exact) mass is 212 g/mol. The summed E-state index contributed by atoms with van der Waals surface area (Å²) in [5.41, 5.74) is 3.83. The van der Waals surface area contributed by atoms with Crippen molar-refractivity contribution in [2.45, 2.75) is 6.54 Å². The molecule has 0 saturated carbocycles. The number of aromatic hydroxyl groups is 2. The highest BCUT2D eigenvalue weighted by Crippen LogP contribution is 2.24. The van der Waals surface area contributed by atoms with E-state index in [1.54, 1.807) is 11.1 Å². The summed E-state index contributed by atoms with van der Waals surface area (Å²) in [6.07, 6.45) is 0. The standard InChI is InChI=1S/C10H16N2O3/c1-12(11-4-5-13)7-8-2-3-9(14)10(15)6-8/h2-3,6,11,13-15H,4-5,7H2,1H3. The van der Waals surface area contributed by atoms with Gasteiger partial charge in [-0.2, -0.15) is 0 Å². The lowest BCUT2D eigenvalue weighted by molar-refractivity contribution is 0.190. The van der Waals surface area contributed by atoms with Gasteiger partial charge in [0.15, 0.2) is 11.5 Å². The molecule has 0 fully saturated rings. The number of benzene rings is 1. The van der Waals surface area contributed by atoms with Crippen molar-refractivity contribution in [2.75, 3.05) is 20.2 Å². The molecule has 0 amide bonds. The SMILES string of the molecule is CN(Cc1ccc(O)c(O)c1)NCCO. The molecule has 0 bridgehead atoms. The van der Waals surface area contributed by atoms with Crippen LogP contribution in [-0.2, 0) is 6.54 Å². The van der Waals surface area contributed by atoms with Crippen LogP contribution in [-0.4, -0.2) is 40.5 Å². The first-order valence-electron chi connectivity index (χ1n) is 4.70. The molecular formula is C10H16N2O3. The molecule has 0 spiro atoms. The highest BCUT2D eigenvalue weighted by molar-refractivity contribution is 5.40. The van der Waals surface area contributed by atoms with Gasteiger partial charge in [0.25, 0.3) is 0 Å². The van der Waals surface area contributed by atoms with E-state index in [4.69, 9.17) is 10.2 Å². The summed E-state index contributed by atoms with van der Waals surface area (Å²) < 4.78 is 0. The van der Waals surface area contributed by atoms with E-state index < -0.39 is 0 Å². The van der Waals surface area contributed by atoms with Crippen LogP contribution in [0.25, 0.3) is 0 Å². The predicted octanol–water partition coefficient (Wildman–Crippen LogP) is 0.0265. The van der Waals surface area contributed by atoms with Crippen molar-refractivity contribution >= 4 is 0 Å². The second kappa shape index (κ2) is 5.55. The van der Waals surface area contributed by atoms with Gasteiger partial charge in [0.05, 0.1) is 6.61 Å². The molecule has 1 aromatic rings. The van der Waals surface area contributed by atoms with Crippen molar-refractivity contribution in [3.8, 4) is 11.5 Å². The molecule has 0 aliphatic carbocycles. The Morgan fingerprint density at radius 2 is 2.00 bits per heavy atom. The molecule has 0 aliphatic heterocycles. The summed E-state index contributed by atoms with van der Waals surface area (Å²) >= 11 is 0. The molecule has 15 heavy (non-hydrogen) atoms. The molecule has 0 saturated heterocycles. The highest BCUT2D eigenvalue weighted by Gasteiger charge is 2.03. The van der Waals surface area contributed by atoms with Gasteiger partial charge in [-0.05, 0) is 17.7 Å². The van der Waals surface area contributed by atoms with E-state index in [0.717, 1.165) is 5.56 Å². The molecule has 5 nitrogen and oxygen atoms in total. The average molecular weight is 212 g/mol. The molecule has 0 aliphatic rings. The first kappa shape index (κ1) is 11.8. The molecule has 0 heterocycles. The quantitative estimate of drug-likeness (QED) is 0.409.